The molecule has 1 saturated heterocycles. The summed E-state index contributed by atoms with van der Waals surface area (Å²) in [4.78, 5) is 18.3. The lowest BCUT2D eigenvalue weighted by molar-refractivity contribution is -0.141. The van der Waals surface area contributed by atoms with Crippen LogP contribution in [0, 0.1) is 24.2 Å². The lowest BCUT2D eigenvalue weighted by Gasteiger charge is -2.15. The van der Waals surface area contributed by atoms with E-state index in [1.165, 1.54) is 5.56 Å². The summed E-state index contributed by atoms with van der Waals surface area (Å²) in [6.07, 6.45) is 2.65. The molecule has 0 aliphatic carbocycles. The molecule has 4 heterocycles. The van der Waals surface area contributed by atoms with Gasteiger partial charge in [-0.3, -0.25) is 9.69 Å². The van der Waals surface area contributed by atoms with Crippen molar-refractivity contribution in [3.05, 3.63) is 87.7 Å². The van der Waals surface area contributed by atoms with E-state index in [9.17, 15) is 15.2 Å². The number of nitrogens with zero attached hydrogens (tertiary/aromatic N) is 5. The molecule has 7 rings (SSSR count). The molecular formula is C32H27ClN6O3. The van der Waals surface area contributed by atoms with Crippen molar-refractivity contribution in [1.82, 2.24) is 25.0 Å². The summed E-state index contributed by atoms with van der Waals surface area (Å²) in [7, 11) is 0. The number of aliphatic carboxylic acids is 1. The minimum Gasteiger partial charge on any atom is -0.481 e. The number of benzene rings is 3. The molecule has 0 radical (unpaired) electrons. The van der Waals surface area contributed by atoms with Gasteiger partial charge in [-0.05, 0) is 60.8 Å². The van der Waals surface area contributed by atoms with Crippen molar-refractivity contribution in [3.8, 4) is 34.3 Å². The highest BCUT2D eigenvalue weighted by Crippen LogP contribution is 2.39. The van der Waals surface area contributed by atoms with Crippen molar-refractivity contribution < 1.29 is 14.3 Å². The molecule has 2 aliphatic rings. The number of hydrogen-bond acceptors (Lipinski definition) is 7. The molecule has 10 heteroatoms. The van der Waals surface area contributed by atoms with E-state index in [0.717, 1.165) is 52.3 Å². The Bertz CT molecular complexity index is 1900. The number of likely N-dealkylation sites (tertiary alicyclic amines) is 1. The lowest BCUT2D eigenvalue weighted by Crippen LogP contribution is -2.22. The first-order chi connectivity index (χ1) is 20.4. The average molecular weight is 579 g/mol. The van der Waals surface area contributed by atoms with Crippen LogP contribution >= 0.6 is 11.6 Å². The zero-order valence-electron chi connectivity index (χ0n) is 22.9. The summed E-state index contributed by atoms with van der Waals surface area (Å²) in [5.74, 6) is -0.696. The number of fused-ring (bicyclic) bond motifs is 2. The van der Waals surface area contributed by atoms with Gasteiger partial charge in [-0.25, -0.2) is 9.67 Å². The Balaban J connectivity index is 1.23. The monoisotopic (exact) mass is 578 g/mol. The van der Waals surface area contributed by atoms with Crippen LogP contribution in [0.25, 0.3) is 39.4 Å². The molecule has 0 saturated carbocycles. The lowest BCUT2D eigenvalue weighted by atomic mass is 9.96. The fourth-order valence-corrected chi connectivity index (χ4v) is 6.38. The maximum Gasteiger partial charge on any atom is 0.307 e. The summed E-state index contributed by atoms with van der Waals surface area (Å²) >= 11 is 7.00. The number of oxazole rings is 1. The van der Waals surface area contributed by atoms with Crippen LogP contribution in [0.15, 0.2) is 59.1 Å². The van der Waals surface area contributed by atoms with Crippen molar-refractivity contribution in [2.75, 3.05) is 13.1 Å². The number of hydrogen-bond donors (Lipinski definition) is 2. The highest BCUT2D eigenvalue weighted by molar-refractivity contribution is 6.35. The number of nitriles is 1. The molecule has 210 valence electrons. The first-order valence-corrected chi connectivity index (χ1v) is 14.2. The van der Waals surface area contributed by atoms with Gasteiger partial charge >= 0.3 is 5.97 Å². The topological polar surface area (TPSA) is 120 Å². The Morgan fingerprint density at radius 2 is 2.00 bits per heavy atom. The molecular weight excluding hydrogens is 552 g/mol. The van der Waals surface area contributed by atoms with Gasteiger partial charge in [0.1, 0.15) is 11.6 Å². The normalized spacial score (nSPS) is 16.6. The summed E-state index contributed by atoms with van der Waals surface area (Å²) in [5, 5.41) is 27.9. The fraction of sp³-hybridized carbons (Fsp3) is 0.250. The van der Waals surface area contributed by atoms with Gasteiger partial charge in [0.05, 0.1) is 27.9 Å². The number of carbonyl (C=O) groups is 1. The maximum absolute atomic E-state index is 11.4. The van der Waals surface area contributed by atoms with Crippen LogP contribution in [0.3, 0.4) is 0 Å². The third-order valence-corrected chi connectivity index (χ3v) is 8.66. The Morgan fingerprint density at radius 3 is 2.79 bits per heavy atom. The van der Waals surface area contributed by atoms with Crippen molar-refractivity contribution in [2.45, 2.75) is 33.0 Å². The third kappa shape index (κ3) is 4.54. The van der Waals surface area contributed by atoms with E-state index < -0.39 is 5.97 Å². The smallest absolute Gasteiger partial charge is 0.307 e. The predicted octanol–water partition coefficient (Wildman–Crippen LogP) is 5.69. The Hall–Kier alpha value is -4.49. The van der Waals surface area contributed by atoms with Crippen molar-refractivity contribution in [3.63, 3.8) is 0 Å². The molecule has 2 aliphatic heterocycles. The van der Waals surface area contributed by atoms with Crippen LogP contribution in [-0.4, -0.2) is 43.8 Å². The molecule has 0 bridgehead atoms. The minimum absolute atomic E-state index is 0.357. The molecule has 1 fully saturated rings. The summed E-state index contributed by atoms with van der Waals surface area (Å²) < 4.78 is 8.05. The molecule has 0 unspecified atom stereocenters. The van der Waals surface area contributed by atoms with Gasteiger partial charge in [0.25, 0.3) is 0 Å². The number of halogens is 1. The van der Waals surface area contributed by atoms with E-state index in [4.69, 9.17) is 26.1 Å². The van der Waals surface area contributed by atoms with Crippen molar-refractivity contribution in [1.29, 1.82) is 5.26 Å². The third-order valence-electron chi connectivity index (χ3n) is 8.26. The molecule has 1 atom stereocenters. The zero-order chi connectivity index (χ0) is 29.0. The molecule has 2 aromatic heterocycles. The molecule has 0 amide bonds. The van der Waals surface area contributed by atoms with Gasteiger partial charge < -0.3 is 14.8 Å². The van der Waals surface area contributed by atoms with E-state index in [2.05, 4.69) is 16.3 Å². The molecule has 5 aromatic rings. The standard InChI is InChI=1S/C32H27ClN6O3/c1-18-23(25-6-3-7-28(29(25)33)39-17-22-13-35-14-27(22)37-39)4-2-5-24(18)31-36-26-11-19(10-21(12-34)30(26)42-31)15-38-9-8-20(16-38)32(40)41/h2-7,10-11,17,20,35H,8-9,13-16H2,1H3,(H,40,41)/t20-/m1/s1. The van der Waals surface area contributed by atoms with Gasteiger partial charge in [0.2, 0.25) is 5.89 Å². The largest absolute Gasteiger partial charge is 0.481 e. The van der Waals surface area contributed by atoms with E-state index >= 15 is 0 Å². The number of carboxylic acid groups (broad SMARTS) is 1. The van der Waals surface area contributed by atoms with Gasteiger partial charge in [-0.1, -0.05) is 35.9 Å². The van der Waals surface area contributed by atoms with Gasteiger partial charge in [-0.15, -0.1) is 0 Å². The zero-order valence-corrected chi connectivity index (χ0v) is 23.6. The second-order valence-electron chi connectivity index (χ2n) is 10.9. The number of aromatic nitrogens is 3. The van der Waals surface area contributed by atoms with Gasteiger partial charge in [-0.2, -0.15) is 10.4 Å². The van der Waals surface area contributed by atoms with Crippen LogP contribution in [-0.2, 0) is 24.4 Å². The maximum atomic E-state index is 11.4. The van der Waals surface area contributed by atoms with Gasteiger partial charge in [0, 0.05) is 49.1 Å². The Kier molecular flexibility index (Phi) is 6.54. The highest BCUT2D eigenvalue weighted by Gasteiger charge is 2.28. The van der Waals surface area contributed by atoms with Gasteiger partial charge in [0.15, 0.2) is 5.58 Å². The van der Waals surface area contributed by atoms with Crippen LogP contribution in [0.4, 0.5) is 0 Å². The first-order valence-electron chi connectivity index (χ1n) is 13.9. The second-order valence-corrected chi connectivity index (χ2v) is 11.3. The van der Waals surface area contributed by atoms with E-state index in [1.807, 2.05) is 60.3 Å². The molecule has 9 nitrogen and oxygen atoms in total. The second kappa shape index (κ2) is 10.4. The van der Waals surface area contributed by atoms with Crippen LogP contribution in [0.5, 0.6) is 0 Å². The quantitative estimate of drug-likeness (QED) is 0.264. The van der Waals surface area contributed by atoms with E-state index in [0.29, 0.717) is 53.6 Å². The number of nitrogens with one attached hydrogen (secondary N) is 1. The molecule has 0 spiro atoms. The number of carboxylic acids is 1. The van der Waals surface area contributed by atoms with Crippen LogP contribution in [0.1, 0.15) is 34.4 Å². The predicted molar refractivity (Wildman–Crippen MR) is 158 cm³/mol. The summed E-state index contributed by atoms with van der Waals surface area (Å²) in [6, 6.07) is 17.8. The molecule has 42 heavy (non-hydrogen) atoms. The van der Waals surface area contributed by atoms with E-state index in [-0.39, 0.29) is 5.92 Å². The van der Waals surface area contributed by atoms with E-state index in [1.54, 1.807) is 6.07 Å². The molecule has 2 N–H and O–H groups in total. The fourth-order valence-electron chi connectivity index (χ4n) is 6.06. The average Bonchev–Trinajstić information content (AvgIpc) is 3.77. The Labute approximate surface area is 247 Å². The van der Waals surface area contributed by atoms with Crippen LogP contribution in [0.2, 0.25) is 5.02 Å². The number of rotatable bonds is 6. The summed E-state index contributed by atoms with van der Waals surface area (Å²) in [6.45, 7) is 5.32. The first kappa shape index (κ1) is 26.4. The van der Waals surface area contributed by atoms with Crippen molar-refractivity contribution >= 4 is 28.7 Å². The SMILES string of the molecule is Cc1c(-c2nc3cc(CN4CC[C@@H](C(=O)O)C4)cc(C#N)c3o2)cccc1-c1cccc(-n2cc3c(n2)CNC3)c1Cl. The van der Waals surface area contributed by atoms with Crippen molar-refractivity contribution in [2.24, 2.45) is 5.92 Å². The highest BCUT2D eigenvalue weighted by atomic mass is 35.5. The Morgan fingerprint density at radius 1 is 1.19 bits per heavy atom. The van der Waals surface area contributed by atoms with Crippen LogP contribution < -0.4 is 5.32 Å². The minimum atomic E-state index is -0.764. The molecule has 3 aromatic carbocycles. The summed E-state index contributed by atoms with van der Waals surface area (Å²) in [5.41, 5.74) is 8.95.